The van der Waals surface area contributed by atoms with Crippen LogP contribution in [0.15, 0.2) is 66.7 Å². The molecule has 0 spiro atoms. The van der Waals surface area contributed by atoms with Crippen LogP contribution in [0, 0.1) is 5.92 Å². The van der Waals surface area contributed by atoms with Gasteiger partial charge >= 0.3 is 0 Å². The third kappa shape index (κ3) is 5.62. The predicted octanol–water partition coefficient (Wildman–Crippen LogP) is 5.96. The summed E-state index contributed by atoms with van der Waals surface area (Å²) in [6.45, 7) is 6.82. The van der Waals surface area contributed by atoms with Gasteiger partial charge in [-0.3, -0.25) is 4.79 Å². The van der Waals surface area contributed by atoms with Gasteiger partial charge in [0.1, 0.15) is 11.2 Å². The van der Waals surface area contributed by atoms with E-state index in [1.54, 1.807) is 19.1 Å². The standard InChI is InChI=1S/C33H42N2O4/c1-24(2)33(26-13-7-9-15-28(26)35(4)32(33)36)27-14-8-10-16-29(27)39-22-12-11-20-34(3)21-19-25-17-18-30(37-5)31(23-25)38-6/h7-10,13-18,23-24H,11-12,19-22H2,1-6H3. The molecule has 1 heterocycles. The first-order valence-corrected chi connectivity index (χ1v) is 13.8. The molecule has 0 radical (unpaired) electrons. The number of amides is 1. The Morgan fingerprint density at radius 2 is 1.54 bits per heavy atom. The summed E-state index contributed by atoms with van der Waals surface area (Å²) in [7, 11) is 7.35. The van der Waals surface area contributed by atoms with Crippen molar-refractivity contribution in [2.75, 3.05) is 52.9 Å². The molecule has 1 unspecified atom stereocenters. The molecule has 0 N–H and O–H groups in total. The fraction of sp³-hybridized carbons (Fsp3) is 0.424. The summed E-state index contributed by atoms with van der Waals surface area (Å²) >= 11 is 0. The molecule has 39 heavy (non-hydrogen) atoms. The van der Waals surface area contributed by atoms with E-state index in [0.29, 0.717) is 6.61 Å². The van der Waals surface area contributed by atoms with Gasteiger partial charge in [-0.25, -0.2) is 0 Å². The third-order valence-electron chi connectivity index (χ3n) is 7.93. The molecule has 3 aromatic rings. The van der Waals surface area contributed by atoms with Crippen molar-refractivity contribution in [2.45, 2.75) is 38.5 Å². The fourth-order valence-corrected chi connectivity index (χ4v) is 5.77. The van der Waals surface area contributed by atoms with E-state index < -0.39 is 5.41 Å². The Bertz CT molecular complexity index is 1270. The lowest BCUT2D eigenvalue weighted by molar-refractivity contribution is -0.122. The Morgan fingerprint density at radius 3 is 2.26 bits per heavy atom. The summed E-state index contributed by atoms with van der Waals surface area (Å²) in [6.07, 6.45) is 2.92. The van der Waals surface area contributed by atoms with Crippen molar-refractivity contribution in [1.82, 2.24) is 4.90 Å². The molecule has 1 atom stereocenters. The average Bonchev–Trinajstić information content (AvgIpc) is 3.18. The number of carbonyl (C=O) groups excluding carboxylic acids is 1. The van der Waals surface area contributed by atoms with Crippen LogP contribution in [-0.4, -0.2) is 58.8 Å². The number of para-hydroxylation sites is 2. The number of methoxy groups -OCH3 is 2. The zero-order valence-electron chi connectivity index (χ0n) is 24.2. The molecule has 0 aromatic heterocycles. The van der Waals surface area contributed by atoms with E-state index in [9.17, 15) is 4.79 Å². The number of carbonyl (C=O) groups is 1. The molecule has 0 fully saturated rings. The normalized spacial score (nSPS) is 16.6. The van der Waals surface area contributed by atoms with Gasteiger partial charge in [-0.05, 0) is 74.2 Å². The van der Waals surface area contributed by atoms with Crippen LogP contribution in [0.4, 0.5) is 5.69 Å². The SMILES string of the molecule is COc1ccc(CCN(C)CCCCOc2ccccc2C2(C(C)C)C(=O)N(C)c3ccccc32)cc1OC. The van der Waals surface area contributed by atoms with Crippen molar-refractivity contribution >= 4 is 11.6 Å². The predicted molar refractivity (Wildman–Crippen MR) is 157 cm³/mol. The van der Waals surface area contributed by atoms with Crippen LogP contribution in [0.3, 0.4) is 0 Å². The van der Waals surface area contributed by atoms with E-state index in [1.807, 2.05) is 55.6 Å². The van der Waals surface area contributed by atoms with Gasteiger partial charge < -0.3 is 24.0 Å². The van der Waals surface area contributed by atoms with E-state index in [1.165, 1.54) is 5.56 Å². The third-order valence-corrected chi connectivity index (χ3v) is 7.93. The Labute approximate surface area is 233 Å². The Hall–Kier alpha value is -3.51. The maximum atomic E-state index is 13.8. The molecular formula is C33H42N2O4. The zero-order chi connectivity index (χ0) is 28.0. The van der Waals surface area contributed by atoms with Crippen LogP contribution in [-0.2, 0) is 16.6 Å². The van der Waals surface area contributed by atoms with Crippen molar-refractivity contribution < 1.29 is 19.0 Å². The minimum atomic E-state index is -0.758. The Morgan fingerprint density at radius 1 is 0.846 bits per heavy atom. The van der Waals surface area contributed by atoms with Gasteiger partial charge in [0.05, 0.1) is 20.8 Å². The summed E-state index contributed by atoms with van der Waals surface area (Å²) in [5.41, 5.74) is 3.45. The number of anilines is 1. The number of unbranched alkanes of at least 4 members (excludes halogenated alkanes) is 1. The van der Waals surface area contributed by atoms with Crippen LogP contribution >= 0.6 is 0 Å². The highest BCUT2D eigenvalue weighted by Gasteiger charge is 2.54. The summed E-state index contributed by atoms with van der Waals surface area (Å²) in [4.78, 5) is 18.0. The second-order valence-electron chi connectivity index (χ2n) is 10.6. The highest BCUT2D eigenvalue weighted by molar-refractivity contribution is 6.10. The lowest BCUT2D eigenvalue weighted by atomic mass is 9.67. The van der Waals surface area contributed by atoms with Gasteiger partial charge in [0.2, 0.25) is 5.91 Å². The first-order chi connectivity index (χ1) is 18.8. The van der Waals surface area contributed by atoms with Crippen LogP contribution in [0.1, 0.15) is 43.4 Å². The summed E-state index contributed by atoms with van der Waals surface area (Å²) in [5, 5.41) is 0. The Balaban J connectivity index is 1.35. The van der Waals surface area contributed by atoms with Crippen molar-refractivity contribution in [2.24, 2.45) is 5.92 Å². The van der Waals surface area contributed by atoms with Crippen molar-refractivity contribution in [1.29, 1.82) is 0 Å². The van der Waals surface area contributed by atoms with Gasteiger partial charge in [-0.1, -0.05) is 56.3 Å². The topological polar surface area (TPSA) is 51.2 Å². The zero-order valence-corrected chi connectivity index (χ0v) is 24.2. The van der Waals surface area contributed by atoms with E-state index >= 15 is 0 Å². The van der Waals surface area contributed by atoms with Gasteiger partial charge in [-0.2, -0.15) is 0 Å². The van der Waals surface area contributed by atoms with Crippen molar-refractivity contribution in [3.8, 4) is 17.2 Å². The number of rotatable bonds is 13. The van der Waals surface area contributed by atoms with Crippen LogP contribution in [0.2, 0.25) is 0 Å². The summed E-state index contributed by atoms with van der Waals surface area (Å²) in [6, 6.07) is 22.3. The highest BCUT2D eigenvalue weighted by Crippen LogP contribution is 2.52. The largest absolute Gasteiger partial charge is 0.493 e. The lowest BCUT2D eigenvalue weighted by Crippen LogP contribution is -2.44. The maximum absolute atomic E-state index is 13.8. The van der Waals surface area contributed by atoms with Crippen LogP contribution in [0.5, 0.6) is 17.2 Å². The molecule has 0 bridgehead atoms. The quantitative estimate of drug-likeness (QED) is 0.256. The lowest BCUT2D eigenvalue weighted by Gasteiger charge is -2.34. The molecule has 6 nitrogen and oxygen atoms in total. The number of ether oxygens (including phenoxy) is 3. The molecule has 6 heteroatoms. The molecule has 208 valence electrons. The van der Waals surface area contributed by atoms with E-state index in [0.717, 1.165) is 66.4 Å². The highest BCUT2D eigenvalue weighted by atomic mass is 16.5. The fourth-order valence-electron chi connectivity index (χ4n) is 5.77. The van der Waals surface area contributed by atoms with Gasteiger partial charge in [0.15, 0.2) is 11.5 Å². The monoisotopic (exact) mass is 530 g/mol. The summed E-state index contributed by atoms with van der Waals surface area (Å²) < 4.78 is 17.1. The minimum absolute atomic E-state index is 0.0696. The van der Waals surface area contributed by atoms with Gasteiger partial charge in [-0.15, -0.1) is 0 Å². The van der Waals surface area contributed by atoms with Crippen LogP contribution < -0.4 is 19.1 Å². The molecule has 1 aliphatic rings. The first kappa shape index (κ1) is 28.5. The summed E-state index contributed by atoms with van der Waals surface area (Å²) in [5.74, 6) is 2.49. The molecule has 4 rings (SSSR count). The van der Waals surface area contributed by atoms with E-state index in [4.69, 9.17) is 14.2 Å². The van der Waals surface area contributed by atoms with E-state index in [2.05, 4.69) is 44.0 Å². The minimum Gasteiger partial charge on any atom is -0.493 e. The number of fused-ring (bicyclic) bond motifs is 1. The number of benzene rings is 3. The molecule has 0 saturated carbocycles. The molecule has 3 aromatic carbocycles. The number of hydrogen-bond acceptors (Lipinski definition) is 5. The second-order valence-corrected chi connectivity index (χ2v) is 10.6. The van der Waals surface area contributed by atoms with Crippen LogP contribution in [0.25, 0.3) is 0 Å². The maximum Gasteiger partial charge on any atom is 0.242 e. The molecule has 1 amide bonds. The van der Waals surface area contributed by atoms with Crippen molar-refractivity contribution in [3.05, 3.63) is 83.4 Å². The van der Waals surface area contributed by atoms with Crippen molar-refractivity contribution in [3.63, 3.8) is 0 Å². The number of likely N-dealkylation sites (N-methyl/N-ethyl adjacent to an activating group) is 2. The smallest absolute Gasteiger partial charge is 0.242 e. The average molecular weight is 531 g/mol. The second kappa shape index (κ2) is 12.6. The molecule has 1 aliphatic heterocycles. The first-order valence-electron chi connectivity index (χ1n) is 13.8. The Kier molecular flexibility index (Phi) is 9.18. The molecule has 0 aliphatic carbocycles. The van der Waals surface area contributed by atoms with E-state index in [-0.39, 0.29) is 11.8 Å². The molecular weight excluding hydrogens is 488 g/mol. The number of hydrogen-bond donors (Lipinski definition) is 0. The number of nitrogens with zero attached hydrogens (tertiary/aromatic N) is 2. The van der Waals surface area contributed by atoms with Gasteiger partial charge in [0.25, 0.3) is 0 Å². The molecule has 0 saturated heterocycles. The van der Waals surface area contributed by atoms with Gasteiger partial charge in [0, 0.05) is 24.8 Å².